The second kappa shape index (κ2) is 5.33. The Morgan fingerprint density at radius 3 is 3.21 bits per heavy atom. The van der Waals surface area contributed by atoms with Crippen LogP contribution < -0.4 is 5.32 Å². The lowest BCUT2D eigenvalue weighted by Gasteiger charge is -2.22. The summed E-state index contributed by atoms with van der Waals surface area (Å²) in [5.74, 6) is -0.0117. The van der Waals surface area contributed by atoms with Crippen molar-refractivity contribution in [2.24, 2.45) is 0 Å². The molecule has 5 heteroatoms. The van der Waals surface area contributed by atoms with E-state index in [0.717, 1.165) is 50.2 Å². The Morgan fingerprint density at radius 2 is 2.37 bits per heavy atom. The number of likely N-dealkylation sites (tertiary alicyclic amines) is 1. The second-order valence-electron chi connectivity index (χ2n) is 5.52. The number of H-pyrrole nitrogens is 1. The Hall–Kier alpha value is -1.36. The predicted octanol–water partition coefficient (Wildman–Crippen LogP) is 1.11. The van der Waals surface area contributed by atoms with Crippen molar-refractivity contribution >= 4 is 5.91 Å². The molecule has 0 radical (unpaired) electrons. The van der Waals surface area contributed by atoms with E-state index < -0.39 is 0 Å². The van der Waals surface area contributed by atoms with Gasteiger partial charge in [0.1, 0.15) is 0 Å². The van der Waals surface area contributed by atoms with E-state index in [0.29, 0.717) is 11.7 Å². The molecule has 1 saturated heterocycles. The molecule has 1 fully saturated rings. The highest BCUT2D eigenvalue weighted by Crippen LogP contribution is 2.22. The molecule has 104 valence electrons. The lowest BCUT2D eigenvalue weighted by atomic mass is 10.2. The summed E-state index contributed by atoms with van der Waals surface area (Å²) >= 11 is 0. The van der Waals surface area contributed by atoms with Gasteiger partial charge in [-0.1, -0.05) is 6.92 Å². The fraction of sp³-hybridized carbons (Fsp3) is 0.714. The van der Waals surface area contributed by atoms with Gasteiger partial charge >= 0.3 is 0 Å². The molecular formula is C14H22N4O. The third-order valence-corrected chi connectivity index (χ3v) is 4.42. The number of likely N-dealkylation sites (N-methyl/N-ethyl adjacent to an activating group) is 1. The average molecular weight is 262 g/mol. The summed E-state index contributed by atoms with van der Waals surface area (Å²) in [6, 6.07) is 0.501. The number of nitrogens with one attached hydrogen (secondary N) is 2. The van der Waals surface area contributed by atoms with Crippen molar-refractivity contribution in [3.63, 3.8) is 0 Å². The topological polar surface area (TPSA) is 61.0 Å². The molecule has 1 amide bonds. The first kappa shape index (κ1) is 12.7. The van der Waals surface area contributed by atoms with Gasteiger partial charge in [-0.05, 0) is 45.2 Å². The molecule has 0 bridgehead atoms. The zero-order valence-corrected chi connectivity index (χ0v) is 11.5. The average Bonchev–Trinajstić information content (AvgIpc) is 3.11. The molecule has 1 aromatic rings. The van der Waals surface area contributed by atoms with Gasteiger partial charge in [-0.25, -0.2) is 0 Å². The number of aromatic amines is 1. The Balaban J connectivity index is 1.59. The highest BCUT2D eigenvalue weighted by molar-refractivity contribution is 5.94. The predicted molar refractivity (Wildman–Crippen MR) is 73.2 cm³/mol. The molecule has 2 N–H and O–H groups in total. The summed E-state index contributed by atoms with van der Waals surface area (Å²) in [6.07, 6.45) is 5.58. The number of fused-ring (bicyclic) bond motifs is 1. The van der Waals surface area contributed by atoms with E-state index in [-0.39, 0.29) is 5.91 Å². The molecule has 1 aliphatic heterocycles. The molecule has 2 heterocycles. The van der Waals surface area contributed by atoms with Crippen LogP contribution in [-0.2, 0) is 12.8 Å². The van der Waals surface area contributed by atoms with Crippen molar-refractivity contribution in [3.8, 4) is 0 Å². The monoisotopic (exact) mass is 262 g/mol. The first-order chi connectivity index (χ1) is 9.29. The molecule has 2 aliphatic rings. The van der Waals surface area contributed by atoms with E-state index in [9.17, 15) is 4.79 Å². The standard InChI is InChI=1S/C14H22N4O/c1-2-18-8-4-5-10(18)9-15-14(19)13-11-6-3-7-12(11)16-17-13/h10H,2-9H2,1H3,(H,15,19)(H,16,17)/t10-/m0/s1. The van der Waals surface area contributed by atoms with Gasteiger partial charge in [0.15, 0.2) is 5.69 Å². The Morgan fingerprint density at radius 1 is 1.47 bits per heavy atom. The van der Waals surface area contributed by atoms with Crippen LogP contribution in [0.4, 0.5) is 0 Å². The van der Waals surface area contributed by atoms with E-state index in [1.165, 1.54) is 12.8 Å². The molecule has 0 saturated carbocycles. The van der Waals surface area contributed by atoms with Crippen molar-refractivity contribution in [2.75, 3.05) is 19.6 Å². The maximum Gasteiger partial charge on any atom is 0.272 e. The normalized spacial score (nSPS) is 22.7. The van der Waals surface area contributed by atoms with Crippen LogP contribution in [0.25, 0.3) is 0 Å². The zero-order valence-electron chi connectivity index (χ0n) is 11.5. The van der Waals surface area contributed by atoms with Crippen LogP contribution in [0.1, 0.15) is 47.9 Å². The van der Waals surface area contributed by atoms with Gasteiger partial charge in [0.05, 0.1) is 0 Å². The van der Waals surface area contributed by atoms with Gasteiger partial charge in [-0.2, -0.15) is 5.10 Å². The largest absolute Gasteiger partial charge is 0.349 e. The molecule has 0 spiro atoms. The van der Waals surface area contributed by atoms with Crippen LogP contribution >= 0.6 is 0 Å². The van der Waals surface area contributed by atoms with E-state index in [2.05, 4.69) is 27.3 Å². The number of carbonyl (C=O) groups excluding carboxylic acids is 1. The Kier molecular flexibility index (Phi) is 3.55. The van der Waals surface area contributed by atoms with Gasteiger partial charge < -0.3 is 5.32 Å². The van der Waals surface area contributed by atoms with Gasteiger partial charge in [-0.15, -0.1) is 0 Å². The summed E-state index contributed by atoms with van der Waals surface area (Å²) in [6.45, 7) is 5.15. The van der Waals surface area contributed by atoms with Crippen LogP contribution in [0.5, 0.6) is 0 Å². The van der Waals surface area contributed by atoms with Crippen LogP contribution in [-0.4, -0.2) is 46.7 Å². The lowest BCUT2D eigenvalue weighted by Crippen LogP contribution is -2.40. The molecule has 1 aliphatic carbocycles. The summed E-state index contributed by atoms with van der Waals surface area (Å²) in [4.78, 5) is 14.6. The third kappa shape index (κ3) is 2.39. The molecule has 1 aromatic heterocycles. The molecular weight excluding hydrogens is 240 g/mol. The summed E-state index contributed by atoms with van der Waals surface area (Å²) in [5, 5.41) is 10.2. The maximum atomic E-state index is 12.2. The van der Waals surface area contributed by atoms with Crippen molar-refractivity contribution < 1.29 is 4.79 Å². The van der Waals surface area contributed by atoms with Crippen molar-refractivity contribution in [2.45, 2.75) is 45.1 Å². The van der Waals surface area contributed by atoms with E-state index in [4.69, 9.17) is 0 Å². The van der Waals surface area contributed by atoms with Gasteiger partial charge in [-0.3, -0.25) is 14.8 Å². The third-order valence-electron chi connectivity index (χ3n) is 4.42. The van der Waals surface area contributed by atoms with Crippen molar-refractivity contribution in [1.82, 2.24) is 20.4 Å². The number of aryl methyl sites for hydroxylation is 1. The molecule has 3 rings (SSSR count). The number of amides is 1. The van der Waals surface area contributed by atoms with Gasteiger partial charge in [0.25, 0.3) is 5.91 Å². The highest BCUT2D eigenvalue weighted by Gasteiger charge is 2.26. The lowest BCUT2D eigenvalue weighted by molar-refractivity contribution is 0.0935. The van der Waals surface area contributed by atoms with Crippen LogP contribution in [0, 0.1) is 0 Å². The first-order valence-corrected chi connectivity index (χ1v) is 7.38. The van der Waals surface area contributed by atoms with Crippen LogP contribution in [0.3, 0.4) is 0 Å². The quantitative estimate of drug-likeness (QED) is 0.854. The Bertz CT molecular complexity index is 468. The molecule has 5 nitrogen and oxygen atoms in total. The van der Waals surface area contributed by atoms with Crippen LogP contribution in [0.2, 0.25) is 0 Å². The summed E-state index contributed by atoms with van der Waals surface area (Å²) in [5.41, 5.74) is 2.91. The number of aromatic nitrogens is 2. The smallest absolute Gasteiger partial charge is 0.272 e. The molecule has 0 unspecified atom stereocenters. The van der Waals surface area contributed by atoms with E-state index in [1.807, 2.05) is 0 Å². The summed E-state index contributed by atoms with van der Waals surface area (Å²) in [7, 11) is 0. The number of hydrogen-bond acceptors (Lipinski definition) is 3. The molecule has 19 heavy (non-hydrogen) atoms. The van der Waals surface area contributed by atoms with E-state index in [1.54, 1.807) is 0 Å². The van der Waals surface area contributed by atoms with Crippen molar-refractivity contribution in [1.29, 1.82) is 0 Å². The molecule has 0 aromatic carbocycles. The number of nitrogens with zero attached hydrogens (tertiary/aromatic N) is 2. The number of carbonyl (C=O) groups is 1. The fourth-order valence-corrected chi connectivity index (χ4v) is 3.34. The van der Waals surface area contributed by atoms with E-state index >= 15 is 0 Å². The minimum atomic E-state index is -0.0117. The maximum absolute atomic E-state index is 12.2. The number of rotatable bonds is 4. The first-order valence-electron chi connectivity index (χ1n) is 7.38. The van der Waals surface area contributed by atoms with Gasteiger partial charge in [0.2, 0.25) is 0 Å². The number of hydrogen-bond donors (Lipinski definition) is 2. The minimum Gasteiger partial charge on any atom is -0.349 e. The highest BCUT2D eigenvalue weighted by atomic mass is 16.1. The van der Waals surface area contributed by atoms with Gasteiger partial charge in [0, 0.05) is 23.8 Å². The minimum absolute atomic E-state index is 0.0117. The van der Waals surface area contributed by atoms with Crippen LogP contribution in [0.15, 0.2) is 0 Å². The Labute approximate surface area is 113 Å². The molecule has 1 atom stereocenters. The van der Waals surface area contributed by atoms with Crippen molar-refractivity contribution in [3.05, 3.63) is 17.0 Å². The second-order valence-corrected chi connectivity index (χ2v) is 5.52. The fourth-order valence-electron chi connectivity index (χ4n) is 3.34. The SMILES string of the molecule is CCN1CCC[C@H]1CNC(=O)c1n[nH]c2c1CCC2. The zero-order chi connectivity index (χ0) is 13.2. The summed E-state index contributed by atoms with van der Waals surface area (Å²) < 4.78 is 0.